The highest BCUT2D eigenvalue weighted by Gasteiger charge is 2.31. The van der Waals surface area contributed by atoms with E-state index in [0.29, 0.717) is 0 Å². The molecule has 0 unspecified atom stereocenters. The highest BCUT2D eigenvalue weighted by atomic mass is 19.4. The third kappa shape index (κ3) is 4.21. The summed E-state index contributed by atoms with van der Waals surface area (Å²) in [7, 11) is 0. The summed E-state index contributed by atoms with van der Waals surface area (Å²) >= 11 is 0. The minimum Gasteiger partial charge on any atom is -0.481 e. The second-order valence-electron chi connectivity index (χ2n) is 3.00. The number of aliphatic carboxylic acids is 1. The van der Waals surface area contributed by atoms with Crippen LogP contribution >= 0.6 is 0 Å². The molecule has 0 aliphatic heterocycles. The fourth-order valence-corrected chi connectivity index (χ4v) is 1.06. The van der Waals surface area contributed by atoms with Crippen LogP contribution in [-0.2, 0) is 4.79 Å². The molecule has 0 radical (unpaired) electrons. The number of halogens is 3. The maximum atomic E-state index is 11.9. The fourth-order valence-electron chi connectivity index (χ4n) is 1.06. The zero-order chi connectivity index (χ0) is 13.8. The first kappa shape index (κ1) is 13.6. The average Bonchev–Trinajstić information content (AvgIpc) is 2.24. The summed E-state index contributed by atoms with van der Waals surface area (Å²) in [6, 6.07) is 4.34. The predicted molar refractivity (Wildman–Crippen MR) is 51.0 cm³/mol. The Morgan fingerprint density at radius 3 is 2.61 bits per heavy atom. The lowest BCUT2D eigenvalue weighted by atomic mass is 10.2. The van der Waals surface area contributed by atoms with Crippen molar-refractivity contribution in [1.82, 2.24) is 0 Å². The molecule has 0 bridgehead atoms. The molecule has 0 aliphatic rings. The van der Waals surface area contributed by atoms with Gasteiger partial charge in [-0.3, -0.25) is 0 Å². The van der Waals surface area contributed by atoms with E-state index in [1.54, 1.807) is 6.07 Å². The zero-order valence-corrected chi connectivity index (χ0v) is 8.69. The van der Waals surface area contributed by atoms with Crippen molar-refractivity contribution in [2.45, 2.75) is 6.36 Å². The van der Waals surface area contributed by atoms with Gasteiger partial charge in [-0.1, -0.05) is 0 Å². The van der Waals surface area contributed by atoms with Gasteiger partial charge in [0.1, 0.15) is 17.6 Å². The molecule has 1 aromatic carbocycles. The van der Waals surface area contributed by atoms with Crippen molar-refractivity contribution in [1.29, 1.82) is 5.26 Å². The van der Waals surface area contributed by atoms with Crippen LogP contribution in [0.3, 0.4) is 0 Å². The number of hydrogen-bond donors (Lipinski definition) is 1. The summed E-state index contributed by atoms with van der Waals surface area (Å²) in [5.41, 5.74) is -0.252. The highest BCUT2D eigenvalue weighted by Crippen LogP contribution is 2.27. The van der Waals surface area contributed by atoms with Crippen LogP contribution in [0.5, 0.6) is 11.5 Å². The van der Waals surface area contributed by atoms with Gasteiger partial charge in [-0.05, 0) is 12.1 Å². The number of nitriles is 1. The van der Waals surface area contributed by atoms with Gasteiger partial charge in [0.05, 0.1) is 5.56 Å². The maximum Gasteiger partial charge on any atom is 0.573 e. The standard InChI is InChI=1S/C10H6F3NO4/c11-10(12,13)18-7-1-2-8(6(3-7)4-14)17-5-9(15)16/h1-3H,5H2,(H,15,16). The van der Waals surface area contributed by atoms with Crippen LogP contribution < -0.4 is 9.47 Å². The van der Waals surface area contributed by atoms with Gasteiger partial charge in [0.2, 0.25) is 0 Å². The molecule has 0 saturated carbocycles. The summed E-state index contributed by atoms with van der Waals surface area (Å²) in [5.74, 6) is -1.98. The van der Waals surface area contributed by atoms with E-state index in [1.165, 1.54) is 0 Å². The lowest BCUT2D eigenvalue weighted by molar-refractivity contribution is -0.274. The number of rotatable bonds is 4. The molecule has 5 nitrogen and oxygen atoms in total. The van der Waals surface area contributed by atoms with Crippen molar-refractivity contribution < 1.29 is 32.5 Å². The Bertz CT molecular complexity index is 493. The van der Waals surface area contributed by atoms with E-state index in [4.69, 9.17) is 15.1 Å². The minimum atomic E-state index is -4.86. The van der Waals surface area contributed by atoms with Gasteiger partial charge < -0.3 is 14.6 Å². The Kier molecular flexibility index (Phi) is 3.99. The van der Waals surface area contributed by atoms with Crippen molar-refractivity contribution in [2.24, 2.45) is 0 Å². The van der Waals surface area contributed by atoms with Crippen molar-refractivity contribution >= 4 is 5.97 Å². The predicted octanol–water partition coefficient (Wildman–Crippen LogP) is 1.92. The number of carbonyl (C=O) groups is 1. The molecule has 0 atom stereocenters. The lowest BCUT2D eigenvalue weighted by Crippen LogP contribution is -2.17. The average molecular weight is 261 g/mol. The summed E-state index contributed by atoms with van der Waals surface area (Å²) in [6.07, 6.45) is -4.86. The Morgan fingerprint density at radius 1 is 1.44 bits per heavy atom. The topological polar surface area (TPSA) is 79.5 Å². The summed E-state index contributed by atoms with van der Waals surface area (Å²) in [6.45, 7) is -0.700. The molecular formula is C10H6F3NO4. The van der Waals surface area contributed by atoms with Gasteiger partial charge in [-0.25, -0.2) is 4.79 Å². The van der Waals surface area contributed by atoms with E-state index in [2.05, 4.69) is 4.74 Å². The van der Waals surface area contributed by atoms with Crippen LogP contribution in [0.1, 0.15) is 5.56 Å². The van der Waals surface area contributed by atoms with Crippen LogP contribution in [0.25, 0.3) is 0 Å². The first-order valence-electron chi connectivity index (χ1n) is 4.46. The molecular weight excluding hydrogens is 255 g/mol. The van der Waals surface area contributed by atoms with Gasteiger partial charge >= 0.3 is 12.3 Å². The van der Waals surface area contributed by atoms with Gasteiger partial charge in [0, 0.05) is 6.07 Å². The largest absolute Gasteiger partial charge is 0.573 e. The Morgan fingerprint density at radius 2 is 2.11 bits per heavy atom. The van der Waals surface area contributed by atoms with E-state index < -0.39 is 24.7 Å². The molecule has 1 N–H and O–H groups in total. The van der Waals surface area contributed by atoms with E-state index in [9.17, 15) is 18.0 Å². The molecule has 0 fully saturated rings. The molecule has 0 saturated heterocycles. The molecule has 96 valence electrons. The van der Waals surface area contributed by atoms with Crippen molar-refractivity contribution in [2.75, 3.05) is 6.61 Å². The molecule has 1 aromatic rings. The number of carboxylic acid groups (broad SMARTS) is 1. The molecule has 8 heteroatoms. The van der Waals surface area contributed by atoms with Crippen LogP contribution in [0.15, 0.2) is 18.2 Å². The smallest absolute Gasteiger partial charge is 0.481 e. The second kappa shape index (κ2) is 5.27. The minimum absolute atomic E-state index is 0.130. The number of benzene rings is 1. The van der Waals surface area contributed by atoms with Crippen LogP contribution in [-0.4, -0.2) is 24.0 Å². The lowest BCUT2D eigenvalue weighted by Gasteiger charge is -2.10. The van der Waals surface area contributed by atoms with E-state index in [0.717, 1.165) is 18.2 Å². The first-order chi connectivity index (χ1) is 8.31. The zero-order valence-electron chi connectivity index (χ0n) is 8.69. The van der Waals surface area contributed by atoms with Gasteiger partial charge in [-0.15, -0.1) is 13.2 Å². The second-order valence-corrected chi connectivity index (χ2v) is 3.00. The van der Waals surface area contributed by atoms with Gasteiger partial charge in [-0.2, -0.15) is 5.26 Å². The Hall–Kier alpha value is -2.43. The summed E-state index contributed by atoms with van der Waals surface area (Å²) in [4.78, 5) is 10.2. The molecule has 0 aliphatic carbocycles. The Balaban J connectivity index is 2.90. The third-order valence-electron chi connectivity index (χ3n) is 1.66. The number of carboxylic acids is 1. The molecule has 0 amide bonds. The third-order valence-corrected chi connectivity index (χ3v) is 1.66. The van der Waals surface area contributed by atoms with Crippen molar-refractivity contribution in [3.05, 3.63) is 23.8 Å². The van der Waals surface area contributed by atoms with Crippen LogP contribution in [0.2, 0.25) is 0 Å². The molecule has 1 rings (SSSR count). The van der Waals surface area contributed by atoms with Gasteiger partial charge in [0.15, 0.2) is 6.61 Å². The number of nitrogens with zero attached hydrogens (tertiary/aromatic N) is 1. The quantitative estimate of drug-likeness (QED) is 0.895. The number of hydrogen-bond acceptors (Lipinski definition) is 4. The fraction of sp³-hybridized carbons (Fsp3) is 0.200. The molecule has 18 heavy (non-hydrogen) atoms. The first-order valence-corrected chi connectivity index (χ1v) is 4.46. The van der Waals surface area contributed by atoms with Crippen molar-refractivity contribution in [3.63, 3.8) is 0 Å². The van der Waals surface area contributed by atoms with E-state index in [-0.39, 0.29) is 11.3 Å². The molecule has 0 spiro atoms. The normalized spacial score (nSPS) is 10.6. The maximum absolute atomic E-state index is 11.9. The van der Waals surface area contributed by atoms with Gasteiger partial charge in [0.25, 0.3) is 0 Å². The van der Waals surface area contributed by atoms with Crippen LogP contribution in [0, 0.1) is 11.3 Å². The number of alkyl halides is 3. The van der Waals surface area contributed by atoms with Crippen LogP contribution in [0.4, 0.5) is 13.2 Å². The van der Waals surface area contributed by atoms with E-state index >= 15 is 0 Å². The monoisotopic (exact) mass is 261 g/mol. The summed E-state index contributed by atoms with van der Waals surface area (Å²) < 4.78 is 44.1. The SMILES string of the molecule is N#Cc1cc(OC(F)(F)F)ccc1OCC(=O)O. The molecule has 0 heterocycles. The van der Waals surface area contributed by atoms with Crippen molar-refractivity contribution in [3.8, 4) is 17.6 Å². The Labute approximate surface area is 99.0 Å². The summed E-state index contributed by atoms with van der Waals surface area (Å²) in [5, 5.41) is 17.1. The highest BCUT2D eigenvalue weighted by molar-refractivity contribution is 5.68. The number of ether oxygens (including phenoxy) is 2. The van der Waals surface area contributed by atoms with E-state index in [1.807, 2.05) is 0 Å². The molecule has 0 aromatic heterocycles.